The van der Waals surface area contributed by atoms with Gasteiger partial charge in [-0.3, -0.25) is 0 Å². The van der Waals surface area contributed by atoms with E-state index in [1.54, 1.807) is 0 Å². The van der Waals surface area contributed by atoms with Crippen LogP contribution in [0.1, 0.15) is 52.9 Å². The molecule has 2 unspecified atom stereocenters. The number of ether oxygens (including phenoxy) is 1. The smallest absolute Gasteiger partial charge is 0.410 e. The van der Waals surface area contributed by atoms with Crippen molar-refractivity contribution in [2.45, 2.75) is 70.6 Å². The predicted octanol–water partition coefficient (Wildman–Crippen LogP) is 2.10. The molecular weight excluding hydrogens is 266 g/mol. The van der Waals surface area contributed by atoms with Crippen molar-refractivity contribution in [2.24, 2.45) is 11.7 Å². The highest BCUT2D eigenvalue weighted by molar-refractivity contribution is 5.68. The third-order valence-electron chi connectivity index (χ3n) is 4.42. The molecule has 1 amide bonds. The molecule has 1 saturated carbocycles. The molecule has 2 atom stereocenters. The Balaban J connectivity index is 1.65. The minimum absolute atomic E-state index is 0.178. The van der Waals surface area contributed by atoms with E-state index >= 15 is 0 Å². The molecule has 5 heteroatoms. The monoisotopic (exact) mass is 297 g/mol. The fourth-order valence-corrected chi connectivity index (χ4v) is 3.23. The van der Waals surface area contributed by atoms with Gasteiger partial charge in [0.1, 0.15) is 5.60 Å². The van der Waals surface area contributed by atoms with Crippen molar-refractivity contribution in [3.63, 3.8) is 0 Å². The minimum atomic E-state index is -0.409. The van der Waals surface area contributed by atoms with Crippen molar-refractivity contribution in [2.75, 3.05) is 19.6 Å². The van der Waals surface area contributed by atoms with Crippen LogP contribution in [-0.4, -0.2) is 48.3 Å². The summed E-state index contributed by atoms with van der Waals surface area (Å²) in [7, 11) is 0. The van der Waals surface area contributed by atoms with Gasteiger partial charge in [-0.1, -0.05) is 0 Å². The number of nitrogens with two attached hydrogens (primary N) is 1. The molecule has 2 fully saturated rings. The number of likely N-dealkylation sites (tertiary alicyclic amines) is 1. The zero-order valence-electron chi connectivity index (χ0n) is 13.7. The number of carbonyl (C=O) groups is 1. The molecule has 0 spiro atoms. The number of hydrogen-bond donors (Lipinski definition) is 2. The quantitative estimate of drug-likeness (QED) is 0.837. The van der Waals surface area contributed by atoms with Gasteiger partial charge in [0.05, 0.1) is 0 Å². The summed E-state index contributed by atoms with van der Waals surface area (Å²) < 4.78 is 5.42. The van der Waals surface area contributed by atoms with E-state index < -0.39 is 5.60 Å². The number of carbonyl (C=O) groups excluding carboxylic acids is 1. The molecule has 1 saturated heterocycles. The zero-order valence-corrected chi connectivity index (χ0v) is 13.7. The Morgan fingerprint density at radius 2 is 1.90 bits per heavy atom. The van der Waals surface area contributed by atoms with Crippen LogP contribution in [0.25, 0.3) is 0 Å². The zero-order chi connectivity index (χ0) is 15.5. The number of nitrogens with one attached hydrogen (secondary N) is 1. The Hall–Kier alpha value is -0.810. The first-order valence-corrected chi connectivity index (χ1v) is 8.30. The van der Waals surface area contributed by atoms with E-state index in [1.165, 1.54) is 12.8 Å². The van der Waals surface area contributed by atoms with Crippen molar-refractivity contribution >= 4 is 6.09 Å². The summed E-state index contributed by atoms with van der Waals surface area (Å²) in [5.41, 5.74) is 5.54. The van der Waals surface area contributed by atoms with Crippen LogP contribution >= 0.6 is 0 Å². The van der Waals surface area contributed by atoms with E-state index in [9.17, 15) is 4.79 Å². The molecule has 1 aliphatic heterocycles. The van der Waals surface area contributed by atoms with Crippen LogP contribution in [0, 0.1) is 5.92 Å². The van der Waals surface area contributed by atoms with E-state index in [4.69, 9.17) is 10.5 Å². The largest absolute Gasteiger partial charge is 0.444 e. The molecule has 3 N–H and O–H groups in total. The first kappa shape index (κ1) is 16.6. The summed E-state index contributed by atoms with van der Waals surface area (Å²) >= 11 is 0. The summed E-state index contributed by atoms with van der Waals surface area (Å²) in [5, 5.41) is 3.66. The first-order chi connectivity index (χ1) is 9.83. The Kier molecular flexibility index (Phi) is 5.49. The van der Waals surface area contributed by atoms with Gasteiger partial charge in [0, 0.05) is 25.2 Å². The predicted molar refractivity (Wildman–Crippen MR) is 84.1 cm³/mol. The maximum Gasteiger partial charge on any atom is 0.410 e. The van der Waals surface area contributed by atoms with E-state index in [1.807, 2.05) is 25.7 Å². The maximum absolute atomic E-state index is 12.0. The molecule has 0 radical (unpaired) electrons. The highest BCUT2D eigenvalue weighted by atomic mass is 16.6. The fourth-order valence-electron chi connectivity index (χ4n) is 3.23. The maximum atomic E-state index is 12.0. The fraction of sp³-hybridized carbons (Fsp3) is 0.938. The van der Waals surface area contributed by atoms with Gasteiger partial charge in [0.25, 0.3) is 0 Å². The first-order valence-electron chi connectivity index (χ1n) is 8.30. The third-order valence-corrected chi connectivity index (χ3v) is 4.42. The minimum Gasteiger partial charge on any atom is -0.444 e. The van der Waals surface area contributed by atoms with E-state index in [0.717, 1.165) is 44.8 Å². The lowest BCUT2D eigenvalue weighted by Gasteiger charge is -2.34. The molecule has 1 heterocycles. The molecule has 0 aromatic heterocycles. The van der Waals surface area contributed by atoms with Crippen LogP contribution in [-0.2, 0) is 4.74 Å². The Morgan fingerprint density at radius 3 is 2.43 bits per heavy atom. The van der Waals surface area contributed by atoms with Crippen LogP contribution in [0.4, 0.5) is 4.79 Å². The number of hydrogen-bond acceptors (Lipinski definition) is 4. The van der Waals surface area contributed by atoms with Crippen molar-refractivity contribution in [1.82, 2.24) is 10.2 Å². The molecule has 2 aliphatic rings. The van der Waals surface area contributed by atoms with Crippen molar-refractivity contribution < 1.29 is 9.53 Å². The highest BCUT2D eigenvalue weighted by Gasteiger charge is 2.28. The average Bonchev–Trinajstić information content (AvgIpc) is 2.81. The molecular formula is C16H31N3O2. The van der Waals surface area contributed by atoms with E-state index in [0.29, 0.717) is 12.1 Å². The molecule has 0 bridgehead atoms. The summed E-state index contributed by atoms with van der Waals surface area (Å²) in [6.07, 6.45) is 5.43. The van der Waals surface area contributed by atoms with Gasteiger partial charge in [0.2, 0.25) is 0 Å². The molecule has 5 nitrogen and oxygen atoms in total. The lowest BCUT2D eigenvalue weighted by atomic mass is 10.0. The number of piperidine rings is 1. The Morgan fingerprint density at radius 1 is 1.24 bits per heavy atom. The second-order valence-electron chi connectivity index (χ2n) is 7.59. The molecule has 21 heavy (non-hydrogen) atoms. The summed E-state index contributed by atoms with van der Waals surface area (Å²) in [6, 6.07) is 0.936. The van der Waals surface area contributed by atoms with Crippen molar-refractivity contribution in [3.05, 3.63) is 0 Å². The third kappa shape index (κ3) is 5.47. The average molecular weight is 297 g/mol. The van der Waals surface area contributed by atoms with Crippen LogP contribution in [0.5, 0.6) is 0 Å². The lowest BCUT2D eigenvalue weighted by Crippen LogP contribution is -2.47. The van der Waals surface area contributed by atoms with Crippen LogP contribution in [0.15, 0.2) is 0 Å². The molecule has 1 aliphatic carbocycles. The summed E-state index contributed by atoms with van der Waals surface area (Å²) in [4.78, 5) is 13.8. The van der Waals surface area contributed by atoms with E-state index in [2.05, 4.69) is 5.32 Å². The van der Waals surface area contributed by atoms with Crippen LogP contribution in [0.2, 0.25) is 0 Å². The van der Waals surface area contributed by atoms with Gasteiger partial charge in [-0.2, -0.15) is 0 Å². The topological polar surface area (TPSA) is 67.6 Å². The molecule has 0 aromatic carbocycles. The number of rotatable bonds is 3. The highest BCUT2D eigenvalue weighted by Crippen LogP contribution is 2.24. The SMILES string of the molecule is CC(C)(C)OC(=O)N1CCC(NCC2CCC(N)C2)CC1. The Bertz CT molecular complexity index is 346. The molecule has 2 rings (SSSR count). The molecule has 122 valence electrons. The number of nitrogens with zero attached hydrogens (tertiary/aromatic N) is 1. The van der Waals surface area contributed by atoms with Gasteiger partial charge < -0.3 is 20.7 Å². The summed E-state index contributed by atoms with van der Waals surface area (Å²) in [6.45, 7) is 8.38. The van der Waals surface area contributed by atoms with Gasteiger partial charge in [0.15, 0.2) is 0 Å². The van der Waals surface area contributed by atoms with Gasteiger partial charge in [-0.15, -0.1) is 0 Å². The second-order valence-corrected chi connectivity index (χ2v) is 7.59. The Labute approximate surface area is 128 Å². The molecule has 0 aromatic rings. The van der Waals surface area contributed by atoms with Crippen LogP contribution in [0.3, 0.4) is 0 Å². The lowest BCUT2D eigenvalue weighted by molar-refractivity contribution is 0.0197. The van der Waals surface area contributed by atoms with Crippen LogP contribution < -0.4 is 11.1 Å². The van der Waals surface area contributed by atoms with Gasteiger partial charge in [-0.05, 0) is 65.3 Å². The van der Waals surface area contributed by atoms with E-state index in [-0.39, 0.29) is 6.09 Å². The second kappa shape index (κ2) is 6.97. The summed E-state index contributed by atoms with van der Waals surface area (Å²) in [5.74, 6) is 0.740. The normalized spacial score (nSPS) is 27.9. The van der Waals surface area contributed by atoms with Gasteiger partial charge in [-0.25, -0.2) is 4.79 Å². The van der Waals surface area contributed by atoms with Crippen molar-refractivity contribution in [3.8, 4) is 0 Å². The van der Waals surface area contributed by atoms with Gasteiger partial charge >= 0.3 is 6.09 Å². The van der Waals surface area contributed by atoms with Crippen molar-refractivity contribution in [1.29, 1.82) is 0 Å². The standard InChI is InChI=1S/C16H31N3O2/c1-16(2,3)21-15(20)19-8-6-14(7-9-19)18-11-12-4-5-13(17)10-12/h12-14,18H,4-11,17H2,1-3H3. The number of amides is 1.